The largest absolute Gasteiger partial charge is 0.421 e. The molecule has 32 heavy (non-hydrogen) atoms. The topological polar surface area (TPSA) is 66.9 Å². The number of unbranched alkanes of at least 4 members (excludes halogenated alkanes) is 2. The van der Waals surface area contributed by atoms with Gasteiger partial charge in [0.15, 0.2) is 5.76 Å². The van der Waals surface area contributed by atoms with E-state index in [9.17, 15) is 14.4 Å². The van der Waals surface area contributed by atoms with Gasteiger partial charge in [0.1, 0.15) is 0 Å². The lowest BCUT2D eigenvalue weighted by Gasteiger charge is -2.26. The highest BCUT2D eigenvalue weighted by Crippen LogP contribution is 2.45. The number of hydrogen-bond donors (Lipinski definition) is 0. The maximum absolute atomic E-state index is 13.4. The van der Waals surface area contributed by atoms with Crippen LogP contribution in [0.5, 0.6) is 0 Å². The molecular weight excluding hydrogens is 404 g/mol. The highest BCUT2D eigenvalue weighted by molar-refractivity contribution is 6.43. The molecule has 0 N–H and O–H groups in total. The number of anilines is 2. The summed E-state index contributed by atoms with van der Waals surface area (Å²) in [5.74, 6) is -1.09. The number of carbonyl (C=O) groups excluding carboxylic acids is 3. The summed E-state index contributed by atoms with van der Waals surface area (Å²) < 4.78 is 5.53. The standard InChI is InChI=1S/C26H28N2O4/c1-4-6-14-27(15-7-5-2)18-12-13-21-22(16-18)28(17(3)29)25(30)23(21)24-19-10-8-9-11-20(19)26(31)32-24/h8-13,16H,4-7,14-15H2,1-3H3/b24-23+. The molecule has 0 atom stereocenters. The molecular formula is C26H28N2O4. The Morgan fingerprint density at radius 2 is 1.59 bits per heavy atom. The summed E-state index contributed by atoms with van der Waals surface area (Å²) in [6.45, 7) is 7.54. The zero-order chi connectivity index (χ0) is 22.8. The average molecular weight is 433 g/mol. The number of hydrogen-bond acceptors (Lipinski definition) is 5. The van der Waals surface area contributed by atoms with E-state index in [1.807, 2.05) is 18.2 Å². The molecule has 0 saturated heterocycles. The van der Waals surface area contributed by atoms with Gasteiger partial charge in [-0.25, -0.2) is 9.69 Å². The van der Waals surface area contributed by atoms with Crippen LogP contribution in [0.15, 0.2) is 42.5 Å². The van der Waals surface area contributed by atoms with Crippen LogP contribution in [0.4, 0.5) is 11.4 Å². The number of fused-ring (bicyclic) bond motifs is 2. The lowest BCUT2D eigenvalue weighted by Crippen LogP contribution is -2.31. The minimum atomic E-state index is -0.486. The van der Waals surface area contributed by atoms with Crippen molar-refractivity contribution in [2.75, 3.05) is 22.9 Å². The highest BCUT2D eigenvalue weighted by atomic mass is 16.5. The van der Waals surface area contributed by atoms with Crippen molar-refractivity contribution in [3.05, 3.63) is 59.2 Å². The van der Waals surface area contributed by atoms with Gasteiger partial charge in [0.2, 0.25) is 5.91 Å². The second kappa shape index (κ2) is 8.99. The van der Waals surface area contributed by atoms with E-state index in [4.69, 9.17) is 4.74 Å². The van der Waals surface area contributed by atoms with Gasteiger partial charge < -0.3 is 9.64 Å². The Hall–Kier alpha value is -3.41. The van der Waals surface area contributed by atoms with E-state index < -0.39 is 11.9 Å². The molecule has 0 aromatic heterocycles. The Bertz CT molecular complexity index is 1110. The minimum absolute atomic E-state index is 0.224. The fraction of sp³-hybridized carbons (Fsp3) is 0.346. The molecule has 2 aliphatic heterocycles. The van der Waals surface area contributed by atoms with Crippen molar-refractivity contribution >= 4 is 40.5 Å². The average Bonchev–Trinajstić information content (AvgIpc) is 3.26. The first-order chi connectivity index (χ1) is 15.5. The van der Waals surface area contributed by atoms with Gasteiger partial charge in [-0.15, -0.1) is 0 Å². The van der Waals surface area contributed by atoms with Crippen LogP contribution in [-0.2, 0) is 14.3 Å². The molecule has 0 fully saturated rings. The van der Waals surface area contributed by atoms with Crippen molar-refractivity contribution in [2.24, 2.45) is 0 Å². The quantitative estimate of drug-likeness (QED) is 0.454. The molecule has 2 aromatic rings. The molecule has 2 aromatic carbocycles. The summed E-state index contributed by atoms with van der Waals surface area (Å²) >= 11 is 0. The summed E-state index contributed by atoms with van der Waals surface area (Å²) in [7, 11) is 0. The number of nitrogens with zero attached hydrogens (tertiary/aromatic N) is 2. The third kappa shape index (κ3) is 3.70. The SMILES string of the molecule is CCCCN(CCCC)c1ccc2c(c1)N(C(C)=O)C(=O)/C2=C1/OC(=O)c2ccccc21. The van der Waals surface area contributed by atoms with E-state index in [0.29, 0.717) is 22.4 Å². The molecule has 0 radical (unpaired) electrons. The Morgan fingerprint density at radius 1 is 0.938 bits per heavy atom. The summed E-state index contributed by atoms with van der Waals surface area (Å²) in [4.78, 5) is 41.7. The fourth-order valence-corrected chi connectivity index (χ4v) is 4.30. The second-order valence-electron chi connectivity index (χ2n) is 8.19. The number of amides is 2. The molecule has 0 bridgehead atoms. The number of esters is 1. The number of rotatable bonds is 7. The lowest BCUT2D eigenvalue weighted by molar-refractivity contribution is -0.122. The van der Waals surface area contributed by atoms with Crippen molar-refractivity contribution in [1.29, 1.82) is 0 Å². The van der Waals surface area contributed by atoms with Gasteiger partial charge in [-0.05, 0) is 37.1 Å². The van der Waals surface area contributed by atoms with Crippen molar-refractivity contribution in [2.45, 2.75) is 46.5 Å². The predicted octanol–water partition coefficient (Wildman–Crippen LogP) is 5.03. The van der Waals surface area contributed by atoms with Crippen molar-refractivity contribution in [1.82, 2.24) is 0 Å². The molecule has 166 valence electrons. The summed E-state index contributed by atoms with van der Waals surface area (Å²) in [5, 5.41) is 0. The number of carbonyl (C=O) groups is 3. The molecule has 2 amide bonds. The molecule has 0 spiro atoms. The third-order valence-electron chi connectivity index (χ3n) is 5.97. The van der Waals surface area contributed by atoms with Crippen molar-refractivity contribution in [3.8, 4) is 0 Å². The Morgan fingerprint density at radius 3 is 2.22 bits per heavy atom. The predicted molar refractivity (Wildman–Crippen MR) is 125 cm³/mol. The van der Waals surface area contributed by atoms with Gasteiger partial charge in [0, 0.05) is 36.8 Å². The van der Waals surface area contributed by atoms with E-state index >= 15 is 0 Å². The summed E-state index contributed by atoms with van der Waals surface area (Å²) in [5.41, 5.74) is 3.40. The van der Waals surface area contributed by atoms with Gasteiger partial charge in [-0.1, -0.05) is 44.9 Å². The fourth-order valence-electron chi connectivity index (χ4n) is 4.30. The van der Waals surface area contributed by atoms with Crippen LogP contribution in [-0.4, -0.2) is 30.9 Å². The van der Waals surface area contributed by atoms with E-state index in [1.54, 1.807) is 24.3 Å². The second-order valence-corrected chi connectivity index (χ2v) is 8.19. The van der Waals surface area contributed by atoms with Gasteiger partial charge in [0.25, 0.3) is 5.91 Å². The molecule has 6 heteroatoms. The molecule has 6 nitrogen and oxygen atoms in total. The first-order valence-electron chi connectivity index (χ1n) is 11.3. The van der Waals surface area contributed by atoms with Crippen molar-refractivity contribution in [3.63, 3.8) is 0 Å². The van der Waals surface area contributed by atoms with Gasteiger partial charge >= 0.3 is 5.97 Å². The molecule has 2 aliphatic rings. The first-order valence-corrected chi connectivity index (χ1v) is 11.3. The van der Waals surface area contributed by atoms with Crippen LogP contribution in [0.2, 0.25) is 0 Å². The zero-order valence-corrected chi connectivity index (χ0v) is 18.8. The van der Waals surface area contributed by atoms with Crippen LogP contribution in [0.3, 0.4) is 0 Å². The van der Waals surface area contributed by atoms with Crippen LogP contribution in [0.1, 0.15) is 67.9 Å². The maximum atomic E-state index is 13.4. The van der Waals surface area contributed by atoms with Crippen LogP contribution < -0.4 is 9.80 Å². The van der Waals surface area contributed by atoms with Crippen LogP contribution in [0, 0.1) is 0 Å². The molecule has 0 unspecified atom stereocenters. The third-order valence-corrected chi connectivity index (χ3v) is 5.97. The highest BCUT2D eigenvalue weighted by Gasteiger charge is 2.41. The number of cyclic esters (lactones) is 1. The Labute approximate surface area is 188 Å². The number of imide groups is 1. The van der Waals surface area contributed by atoms with Crippen LogP contribution >= 0.6 is 0 Å². The van der Waals surface area contributed by atoms with Gasteiger partial charge in [-0.2, -0.15) is 0 Å². The van der Waals surface area contributed by atoms with Gasteiger partial charge in [-0.3, -0.25) is 9.59 Å². The monoisotopic (exact) mass is 432 g/mol. The van der Waals surface area contributed by atoms with Gasteiger partial charge in [0.05, 0.1) is 16.8 Å². The normalized spacial score (nSPS) is 16.8. The maximum Gasteiger partial charge on any atom is 0.344 e. The van der Waals surface area contributed by atoms with Crippen LogP contribution in [0.25, 0.3) is 11.3 Å². The molecule has 2 heterocycles. The summed E-state index contributed by atoms with van der Waals surface area (Å²) in [6, 6.07) is 12.8. The van der Waals surface area contributed by atoms with E-state index in [1.165, 1.54) is 11.8 Å². The summed E-state index contributed by atoms with van der Waals surface area (Å²) in [6.07, 6.45) is 4.32. The Kier molecular flexibility index (Phi) is 6.12. The zero-order valence-electron chi connectivity index (χ0n) is 18.8. The molecule has 4 rings (SSSR count). The van der Waals surface area contributed by atoms with E-state index in [2.05, 4.69) is 18.7 Å². The molecule has 0 saturated carbocycles. The van der Waals surface area contributed by atoms with E-state index in [-0.39, 0.29) is 17.2 Å². The lowest BCUT2D eigenvalue weighted by atomic mass is 10.00. The first kappa shape index (κ1) is 21.8. The van der Waals surface area contributed by atoms with E-state index in [0.717, 1.165) is 44.5 Å². The number of ether oxygens (including phenoxy) is 1. The Balaban J connectivity index is 1.84. The number of benzene rings is 2. The molecule has 0 aliphatic carbocycles. The minimum Gasteiger partial charge on any atom is -0.421 e. The van der Waals surface area contributed by atoms with Crippen molar-refractivity contribution < 1.29 is 19.1 Å². The smallest absolute Gasteiger partial charge is 0.344 e.